The van der Waals surface area contributed by atoms with E-state index in [2.05, 4.69) is 46.9 Å². The first-order valence-corrected chi connectivity index (χ1v) is 12.5. The molecule has 5 aromatic rings. The number of carbonyl (C=O) groups excluding carboxylic acids is 1. The Labute approximate surface area is 214 Å². The molecule has 1 heterocycles. The molecule has 5 heteroatoms. The summed E-state index contributed by atoms with van der Waals surface area (Å²) in [7, 11) is 0. The molecule has 0 aliphatic heterocycles. The first-order valence-electron chi connectivity index (χ1n) is 12.2. The quantitative estimate of drug-likeness (QED) is 0.185. The molecule has 0 spiro atoms. The van der Waals surface area contributed by atoms with Crippen molar-refractivity contribution >= 4 is 34.0 Å². The zero-order chi connectivity index (χ0) is 24.7. The van der Waals surface area contributed by atoms with E-state index in [-0.39, 0.29) is 5.78 Å². The molecule has 0 bridgehead atoms. The van der Waals surface area contributed by atoms with Crippen LogP contribution in [0.15, 0.2) is 102 Å². The Bertz CT molecular complexity index is 1450. The Balaban J connectivity index is 1.65. The fraction of sp³-hybridized carbons (Fsp3) is 0.161. The normalized spacial score (nSPS) is 13.6. The monoisotopic (exact) mass is 492 g/mol. The van der Waals surface area contributed by atoms with E-state index in [1.165, 1.54) is 0 Å². The Kier molecular flexibility index (Phi) is 5.62. The van der Waals surface area contributed by atoms with Gasteiger partial charge in [0.1, 0.15) is 5.54 Å². The largest absolute Gasteiger partial charge is 0.367 e. The van der Waals surface area contributed by atoms with Gasteiger partial charge in [-0.2, -0.15) is 0 Å². The van der Waals surface area contributed by atoms with E-state index in [4.69, 9.17) is 16.1 Å². The van der Waals surface area contributed by atoms with Crippen LogP contribution < -0.4 is 5.32 Å². The van der Waals surface area contributed by atoms with Gasteiger partial charge in [-0.15, -0.1) is 0 Å². The van der Waals surface area contributed by atoms with E-state index in [1.807, 2.05) is 60.7 Å². The van der Waals surface area contributed by atoms with E-state index < -0.39 is 5.54 Å². The summed E-state index contributed by atoms with van der Waals surface area (Å²) < 4.78 is 5.75. The lowest BCUT2D eigenvalue weighted by molar-refractivity contribution is 0.101. The van der Waals surface area contributed by atoms with Crippen LogP contribution in [0.4, 0.5) is 5.69 Å². The lowest BCUT2D eigenvalue weighted by Gasteiger charge is -2.38. The molecule has 0 saturated heterocycles. The van der Waals surface area contributed by atoms with Crippen LogP contribution in [0.5, 0.6) is 0 Å². The molecule has 1 aliphatic rings. The van der Waals surface area contributed by atoms with E-state index in [1.54, 1.807) is 6.92 Å². The number of carbonyl (C=O) groups is 1. The zero-order valence-corrected chi connectivity index (χ0v) is 20.6. The van der Waals surface area contributed by atoms with Crippen LogP contribution in [-0.2, 0) is 5.54 Å². The molecule has 1 N–H and O–H groups in total. The van der Waals surface area contributed by atoms with Crippen LogP contribution >= 0.6 is 11.6 Å². The maximum atomic E-state index is 13.1. The van der Waals surface area contributed by atoms with Gasteiger partial charge in [-0.25, -0.2) is 0 Å². The summed E-state index contributed by atoms with van der Waals surface area (Å²) in [6, 6.07) is 32.6. The van der Waals surface area contributed by atoms with Crippen LogP contribution in [0, 0.1) is 0 Å². The summed E-state index contributed by atoms with van der Waals surface area (Å²) in [4.78, 5) is 13.1. The number of benzene rings is 4. The summed E-state index contributed by atoms with van der Waals surface area (Å²) in [5.41, 5.74) is 4.78. The Hall–Kier alpha value is -3.89. The fourth-order valence-electron chi connectivity index (χ4n) is 5.14. The minimum absolute atomic E-state index is 0.115. The summed E-state index contributed by atoms with van der Waals surface area (Å²) in [6.07, 6.45) is 2.12. The van der Waals surface area contributed by atoms with Gasteiger partial charge in [0.05, 0.1) is 27.4 Å². The Morgan fingerprint density at radius 2 is 1.39 bits per heavy atom. The van der Waals surface area contributed by atoms with Gasteiger partial charge in [0, 0.05) is 12.0 Å². The van der Waals surface area contributed by atoms with Crippen molar-refractivity contribution in [3.63, 3.8) is 0 Å². The SMILES string of the molecule is CC(=O)c1c(NC(c2ccccc2)(c2ccccc2)c2ccccc2)cc2onc(C3CC3)c2c1Cl. The van der Waals surface area contributed by atoms with Gasteiger partial charge in [0.15, 0.2) is 11.4 Å². The summed E-state index contributed by atoms with van der Waals surface area (Å²) in [5, 5.41) is 9.26. The van der Waals surface area contributed by atoms with Gasteiger partial charge in [-0.1, -0.05) is 108 Å². The number of anilines is 1. The van der Waals surface area contributed by atoms with Gasteiger partial charge < -0.3 is 9.84 Å². The number of rotatable bonds is 7. The minimum Gasteiger partial charge on any atom is -0.367 e. The molecule has 4 aromatic carbocycles. The van der Waals surface area contributed by atoms with Crippen LogP contribution in [0.3, 0.4) is 0 Å². The molecule has 1 aromatic heterocycles. The number of hydrogen-bond acceptors (Lipinski definition) is 4. The molecule has 1 saturated carbocycles. The number of fused-ring (bicyclic) bond motifs is 1. The molecule has 0 amide bonds. The predicted octanol–water partition coefficient (Wildman–Crippen LogP) is 7.97. The second kappa shape index (κ2) is 8.96. The second-order valence-corrected chi connectivity index (χ2v) is 9.74. The Morgan fingerprint density at radius 3 is 1.83 bits per heavy atom. The molecule has 4 nitrogen and oxygen atoms in total. The first-order chi connectivity index (χ1) is 17.6. The third-order valence-corrected chi connectivity index (χ3v) is 7.37. The first kappa shape index (κ1) is 22.6. The van der Waals surface area contributed by atoms with Crippen LogP contribution in [0.25, 0.3) is 11.0 Å². The van der Waals surface area contributed by atoms with Crippen molar-refractivity contribution < 1.29 is 9.32 Å². The highest BCUT2D eigenvalue weighted by atomic mass is 35.5. The fourth-order valence-corrected chi connectivity index (χ4v) is 5.57. The van der Waals surface area contributed by atoms with Crippen LogP contribution in [0.2, 0.25) is 5.02 Å². The van der Waals surface area contributed by atoms with Crippen molar-refractivity contribution in [2.45, 2.75) is 31.2 Å². The van der Waals surface area contributed by atoms with Crippen molar-refractivity contribution in [2.24, 2.45) is 0 Å². The number of hydrogen-bond donors (Lipinski definition) is 1. The van der Waals surface area contributed by atoms with E-state index in [9.17, 15) is 4.79 Å². The zero-order valence-electron chi connectivity index (χ0n) is 19.9. The molecule has 0 unspecified atom stereocenters. The number of ketones is 1. The van der Waals surface area contributed by atoms with Crippen molar-refractivity contribution in [1.29, 1.82) is 0 Å². The van der Waals surface area contributed by atoms with Gasteiger partial charge in [0.2, 0.25) is 0 Å². The van der Waals surface area contributed by atoms with Gasteiger partial charge in [-0.05, 0) is 36.5 Å². The lowest BCUT2D eigenvalue weighted by atomic mass is 9.76. The third-order valence-electron chi connectivity index (χ3n) is 6.99. The van der Waals surface area contributed by atoms with E-state index in [0.29, 0.717) is 27.8 Å². The number of halogens is 1. The average molecular weight is 493 g/mol. The maximum absolute atomic E-state index is 13.1. The van der Waals surface area contributed by atoms with E-state index in [0.717, 1.165) is 40.6 Å². The van der Waals surface area contributed by atoms with Crippen molar-refractivity contribution in [3.05, 3.63) is 130 Å². The molecule has 1 aliphatic carbocycles. The molecule has 0 radical (unpaired) electrons. The maximum Gasteiger partial charge on any atom is 0.170 e. The van der Waals surface area contributed by atoms with Gasteiger partial charge in [-0.3, -0.25) is 4.79 Å². The van der Waals surface area contributed by atoms with Gasteiger partial charge in [0.25, 0.3) is 0 Å². The minimum atomic E-state index is -0.801. The molecule has 36 heavy (non-hydrogen) atoms. The molecule has 178 valence electrons. The summed E-state index contributed by atoms with van der Waals surface area (Å²) >= 11 is 6.97. The standard InChI is InChI=1S/C31H25ClN2O2/c1-20(35)27-25(19-26-28(29(27)32)30(34-36-26)21-17-18-21)33-31(22-11-5-2-6-12-22,23-13-7-3-8-14-23)24-15-9-4-10-16-24/h2-16,19,21,33H,17-18H2,1H3. The summed E-state index contributed by atoms with van der Waals surface area (Å²) in [6.45, 7) is 1.55. The smallest absolute Gasteiger partial charge is 0.170 e. The molecular formula is C31H25ClN2O2. The number of Topliss-reactive ketones (excluding diaryl/α,β-unsaturated/α-hetero) is 1. The van der Waals surface area contributed by atoms with Crippen LogP contribution in [0.1, 0.15) is 58.4 Å². The average Bonchev–Trinajstić information content (AvgIpc) is 3.67. The molecule has 1 fully saturated rings. The van der Waals surface area contributed by atoms with Crippen molar-refractivity contribution in [1.82, 2.24) is 5.16 Å². The summed E-state index contributed by atoms with van der Waals surface area (Å²) in [5.74, 6) is 0.231. The molecular weight excluding hydrogens is 468 g/mol. The second-order valence-electron chi connectivity index (χ2n) is 9.36. The highest BCUT2D eigenvalue weighted by molar-refractivity contribution is 6.39. The topological polar surface area (TPSA) is 55.1 Å². The van der Waals surface area contributed by atoms with Crippen molar-refractivity contribution in [3.8, 4) is 0 Å². The Morgan fingerprint density at radius 1 is 0.889 bits per heavy atom. The number of nitrogens with zero attached hydrogens (tertiary/aromatic N) is 1. The van der Waals surface area contributed by atoms with Gasteiger partial charge >= 0.3 is 0 Å². The predicted molar refractivity (Wildman–Crippen MR) is 144 cm³/mol. The highest BCUT2D eigenvalue weighted by Crippen LogP contribution is 2.48. The third kappa shape index (κ3) is 3.69. The molecule has 0 atom stereocenters. The highest BCUT2D eigenvalue weighted by Gasteiger charge is 2.38. The number of nitrogens with one attached hydrogen (secondary N) is 1. The van der Waals surface area contributed by atoms with E-state index >= 15 is 0 Å². The van der Waals surface area contributed by atoms with Crippen molar-refractivity contribution in [2.75, 3.05) is 5.32 Å². The van der Waals surface area contributed by atoms with Crippen LogP contribution in [-0.4, -0.2) is 10.9 Å². The number of aromatic nitrogens is 1. The molecule has 6 rings (SSSR count). The lowest BCUT2D eigenvalue weighted by Crippen LogP contribution is -2.38.